The van der Waals surface area contributed by atoms with Crippen molar-refractivity contribution in [1.29, 1.82) is 0 Å². The molecule has 0 atom stereocenters. The number of hydrogen-bond donors (Lipinski definition) is 0. The number of hydrogen-bond acceptors (Lipinski definition) is 2. The molecule has 1 aromatic heterocycles. The normalized spacial score (nSPS) is 15.9. The summed E-state index contributed by atoms with van der Waals surface area (Å²) in [7, 11) is 0. The summed E-state index contributed by atoms with van der Waals surface area (Å²) in [6.45, 7) is 2.07. The molecule has 2 aromatic rings. The lowest BCUT2D eigenvalue weighted by atomic mass is 10.1. The van der Waals surface area contributed by atoms with Crippen LogP contribution in [0.4, 0.5) is 0 Å². The maximum absolute atomic E-state index is 5.89. The molecule has 17 heavy (non-hydrogen) atoms. The SMILES string of the molecule is ClCCN(Cc1csc2ccccc12)C1CC1. The number of alkyl halides is 1. The number of rotatable bonds is 5. The van der Waals surface area contributed by atoms with E-state index < -0.39 is 0 Å². The fraction of sp³-hybridized carbons (Fsp3) is 0.429. The molecule has 0 bridgehead atoms. The van der Waals surface area contributed by atoms with Crippen LogP contribution in [0.25, 0.3) is 10.1 Å². The van der Waals surface area contributed by atoms with Crippen LogP contribution >= 0.6 is 22.9 Å². The summed E-state index contributed by atoms with van der Waals surface area (Å²) in [6.07, 6.45) is 2.69. The number of nitrogens with zero attached hydrogens (tertiary/aromatic N) is 1. The van der Waals surface area contributed by atoms with Gasteiger partial charge in [0.1, 0.15) is 0 Å². The fourth-order valence-corrected chi connectivity index (χ4v) is 3.48. The molecule has 90 valence electrons. The van der Waals surface area contributed by atoms with E-state index in [9.17, 15) is 0 Å². The van der Waals surface area contributed by atoms with Gasteiger partial charge in [0, 0.05) is 29.7 Å². The molecule has 0 radical (unpaired) electrons. The van der Waals surface area contributed by atoms with E-state index in [1.807, 2.05) is 11.3 Å². The highest BCUT2D eigenvalue weighted by Gasteiger charge is 2.28. The van der Waals surface area contributed by atoms with Crippen molar-refractivity contribution in [2.24, 2.45) is 0 Å². The van der Waals surface area contributed by atoms with Crippen LogP contribution < -0.4 is 0 Å². The van der Waals surface area contributed by atoms with Crippen LogP contribution in [0.15, 0.2) is 29.6 Å². The zero-order chi connectivity index (χ0) is 11.7. The lowest BCUT2D eigenvalue weighted by Gasteiger charge is -2.20. The predicted octanol–water partition coefficient (Wildman–Crippen LogP) is 4.10. The topological polar surface area (TPSA) is 3.24 Å². The van der Waals surface area contributed by atoms with Crippen molar-refractivity contribution in [3.8, 4) is 0 Å². The predicted molar refractivity (Wildman–Crippen MR) is 76.0 cm³/mol. The van der Waals surface area contributed by atoms with Gasteiger partial charge in [-0.15, -0.1) is 22.9 Å². The summed E-state index contributed by atoms with van der Waals surface area (Å²) >= 11 is 7.73. The standard InChI is InChI=1S/C14H16ClNS/c15-7-8-16(12-5-6-12)9-11-10-17-14-4-2-1-3-13(11)14/h1-4,10,12H,5-9H2. The van der Waals surface area contributed by atoms with Crippen molar-refractivity contribution >= 4 is 33.0 Å². The molecule has 0 spiro atoms. The van der Waals surface area contributed by atoms with E-state index in [-0.39, 0.29) is 0 Å². The molecule has 0 saturated heterocycles. The molecule has 1 fully saturated rings. The summed E-state index contributed by atoms with van der Waals surface area (Å²) in [5.74, 6) is 0.735. The average molecular weight is 266 g/mol. The Kier molecular flexibility index (Phi) is 3.37. The maximum atomic E-state index is 5.89. The average Bonchev–Trinajstić information content (AvgIpc) is 3.12. The second-order valence-electron chi connectivity index (χ2n) is 4.65. The van der Waals surface area contributed by atoms with E-state index in [1.165, 1.54) is 28.5 Å². The fourth-order valence-electron chi connectivity index (χ4n) is 2.31. The molecule has 1 saturated carbocycles. The molecule has 1 aliphatic carbocycles. The second-order valence-corrected chi connectivity index (χ2v) is 5.94. The molecule has 1 nitrogen and oxygen atoms in total. The first kappa shape index (κ1) is 11.5. The highest BCUT2D eigenvalue weighted by Crippen LogP contribution is 2.31. The van der Waals surface area contributed by atoms with E-state index in [0.717, 1.165) is 25.0 Å². The molecule has 0 aliphatic heterocycles. The molecule has 3 rings (SSSR count). The smallest absolute Gasteiger partial charge is 0.0351 e. The Morgan fingerprint density at radius 1 is 1.29 bits per heavy atom. The lowest BCUT2D eigenvalue weighted by Crippen LogP contribution is -2.27. The molecule has 0 unspecified atom stereocenters. The molecular weight excluding hydrogens is 250 g/mol. The molecule has 1 heterocycles. The van der Waals surface area contributed by atoms with Crippen LogP contribution in [0.3, 0.4) is 0 Å². The summed E-state index contributed by atoms with van der Waals surface area (Å²) in [5, 5.41) is 3.71. The van der Waals surface area contributed by atoms with Gasteiger partial charge >= 0.3 is 0 Å². The number of benzene rings is 1. The van der Waals surface area contributed by atoms with Gasteiger partial charge < -0.3 is 0 Å². The van der Waals surface area contributed by atoms with Gasteiger partial charge in [-0.3, -0.25) is 4.90 Å². The van der Waals surface area contributed by atoms with Gasteiger partial charge in [-0.05, 0) is 35.2 Å². The van der Waals surface area contributed by atoms with Gasteiger partial charge in [0.2, 0.25) is 0 Å². The maximum Gasteiger partial charge on any atom is 0.0351 e. The van der Waals surface area contributed by atoms with Gasteiger partial charge in [0.25, 0.3) is 0 Å². The first-order valence-corrected chi connectivity index (χ1v) is 7.55. The summed E-state index contributed by atoms with van der Waals surface area (Å²) in [6, 6.07) is 9.45. The van der Waals surface area contributed by atoms with Gasteiger partial charge in [0.15, 0.2) is 0 Å². The van der Waals surface area contributed by atoms with E-state index in [2.05, 4.69) is 34.5 Å². The van der Waals surface area contributed by atoms with Gasteiger partial charge in [-0.2, -0.15) is 0 Å². The minimum atomic E-state index is 0.735. The minimum Gasteiger partial charge on any atom is -0.295 e. The zero-order valence-electron chi connectivity index (χ0n) is 9.73. The molecule has 0 N–H and O–H groups in total. The van der Waals surface area contributed by atoms with Crippen LogP contribution in [0.5, 0.6) is 0 Å². The van der Waals surface area contributed by atoms with Crippen molar-refractivity contribution in [2.75, 3.05) is 12.4 Å². The van der Waals surface area contributed by atoms with E-state index in [4.69, 9.17) is 11.6 Å². The monoisotopic (exact) mass is 265 g/mol. The number of halogens is 1. The third-order valence-corrected chi connectivity index (χ3v) is 4.55. The van der Waals surface area contributed by atoms with Gasteiger partial charge in [0.05, 0.1) is 0 Å². The second kappa shape index (κ2) is 4.97. The van der Waals surface area contributed by atoms with Gasteiger partial charge in [-0.25, -0.2) is 0 Å². The van der Waals surface area contributed by atoms with Crippen LogP contribution in [-0.2, 0) is 6.54 Å². The molecule has 0 amide bonds. The van der Waals surface area contributed by atoms with Crippen LogP contribution in [0, 0.1) is 0 Å². The molecule has 3 heteroatoms. The highest BCUT2D eigenvalue weighted by atomic mass is 35.5. The molecule has 1 aliphatic rings. The number of fused-ring (bicyclic) bond motifs is 1. The quantitative estimate of drug-likeness (QED) is 0.736. The van der Waals surface area contributed by atoms with Crippen molar-refractivity contribution in [3.63, 3.8) is 0 Å². The third-order valence-electron chi connectivity index (χ3n) is 3.37. The highest BCUT2D eigenvalue weighted by molar-refractivity contribution is 7.17. The summed E-state index contributed by atoms with van der Waals surface area (Å²) < 4.78 is 1.39. The Bertz CT molecular complexity index is 504. The van der Waals surface area contributed by atoms with Crippen LogP contribution in [0.1, 0.15) is 18.4 Å². The Morgan fingerprint density at radius 3 is 2.88 bits per heavy atom. The van der Waals surface area contributed by atoms with Crippen molar-refractivity contribution in [1.82, 2.24) is 4.90 Å². The first-order chi connectivity index (χ1) is 8.38. The zero-order valence-corrected chi connectivity index (χ0v) is 11.3. The third kappa shape index (κ3) is 2.49. The van der Waals surface area contributed by atoms with Gasteiger partial charge in [-0.1, -0.05) is 18.2 Å². The Morgan fingerprint density at radius 2 is 2.12 bits per heavy atom. The Balaban J connectivity index is 1.83. The minimum absolute atomic E-state index is 0.735. The van der Waals surface area contributed by atoms with Crippen LogP contribution in [0.2, 0.25) is 0 Å². The number of thiophene rings is 1. The summed E-state index contributed by atoms with van der Waals surface area (Å²) in [5.41, 5.74) is 1.46. The van der Waals surface area contributed by atoms with E-state index in [0.29, 0.717) is 0 Å². The lowest BCUT2D eigenvalue weighted by molar-refractivity contribution is 0.272. The largest absolute Gasteiger partial charge is 0.295 e. The molecule has 1 aromatic carbocycles. The van der Waals surface area contributed by atoms with Crippen LogP contribution in [-0.4, -0.2) is 23.4 Å². The van der Waals surface area contributed by atoms with Crippen molar-refractivity contribution < 1.29 is 0 Å². The van der Waals surface area contributed by atoms with Crippen molar-refractivity contribution in [2.45, 2.75) is 25.4 Å². The first-order valence-electron chi connectivity index (χ1n) is 6.13. The summed E-state index contributed by atoms with van der Waals surface area (Å²) in [4.78, 5) is 2.53. The van der Waals surface area contributed by atoms with E-state index in [1.54, 1.807) is 0 Å². The Hall–Kier alpha value is -0.570. The Labute approximate surface area is 111 Å². The van der Waals surface area contributed by atoms with Crippen molar-refractivity contribution in [3.05, 3.63) is 35.2 Å². The van der Waals surface area contributed by atoms with E-state index >= 15 is 0 Å². The molecular formula is C14H16ClNS.